The summed E-state index contributed by atoms with van der Waals surface area (Å²) < 4.78 is 61.8. The van der Waals surface area contributed by atoms with E-state index in [1.807, 2.05) is 0 Å². The van der Waals surface area contributed by atoms with Crippen LogP contribution >= 0.6 is 15.6 Å². The average molecular weight is 1870 g/mol. The fourth-order valence-electron chi connectivity index (χ4n) is 15.1. The lowest BCUT2D eigenvalue weighted by Gasteiger charge is -2.21. The molecule has 0 aromatic carbocycles. The molecule has 18 heteroatoms. The van der Waals surface area contributed by atoms with Gasteiger partial charge < -0.3 is 34.2 Å². The van der Waals surface area contributed by atoms with E-state index in [0.29, 0.717) is 19.3 Å². The average Bonchev–Trinajstić information content (AvgIpc) is 0.898. The van der Waals surface area contributed by atoms with Gasteiger partial charge in [-0.05, 0) is 154 Å². The number of hydrogen-bond donors (Lipinski definition) is 4. The number of allylic oxidation sites excluding steroid dienone is 26. The van der Waals surface area contributed by atoms with Crippen molar-refractivity contribution in [2.45, 2.75) is 501 Å². The maximum absolute atomic E-state index is 13.1. The van der Waals surface area contributed by atoms with Crippen LogP contribution in [0.15, 0.2) is 158 Å². The summed E-state index contributed by atoms with van der Waals surface area (Å²) in [5.41, 5.74) is 0. The molecule has 0 spiro atoms. The highest BCUT2D eigenvalue weighted by molar-refractivity contribution is 7.47. The number of aliphatic hydroxyl groups is 2. The minimum Gasteiger partial charge on any atom is -0.463 e. The molecule has 0 rings (SSSR count). The van der Waals surface area contributed by atoms with Crippen LogP contribution in [0.25, 0.3) is 0 Å². The number of phosphoric ester groups is 2. The number of aliphatic hydroxyl groups excluding tert-OH is 2. The maximum Gasteiger partial charge on any atom is 0.472 e. The van der Waals surface area contributed by atoms with E-state index in [4.69, 9.17) is 32.3 Å². The van der Waals surface area contributed by atoms with Gasteiger partial charge in [-0.3, -0.25) is 32.5 Å². The molecule has 16 nitrogen and oxygen atoms in total. The summed E-state index contributed by atoms with van der Waals surface area (Å²) in [6.07, 6.45) is 136. The summed E-state index contributed by atoms with van der Waals surface area (Å²) in [7, 11) is -9.82. The molecular weight excluding hydrogens is 1680 g/mol. The third-order valence-corrected chi connectivity index (χ3v) is 25.1. The van der Waals surface area contributed by atoms with Crippen LogP contribution in [0, 0.1) is 0 Å². The number of carbonyl (C=O) groups is 3. The lowest BCUT2D eigenvalue weighted by molar-refractivity contribution is -0.161. The van der Waals surface area contributed by atoms with E-state index in [0.717, 1.165) is 141 Å². The monoisotopic (exact) mass is 1870 g/mol. The summed E-state index contributed by atoms with van der Waals surface area (Å²) in [4.78, 5) is 59.3. The quantitative estimate of drug-likeness (QED) is 0.0146. The Morgan fingerprint density at radius 3 is 0.641 bits per heavy atom. The van der Waals surface area contributed by atoms with Crippen molar-refractivity contribution >= 4 is 33.6 Å². The maximum atomic E-state index is 13.1. The molecule has 0 aliphatic heterocycles. The highest BCUT2D eigenvalue weighted by atomic mass is 31.2. The van der Waals surface area contributed by atoms with Crippen molar-refractivity contribution in [2.24, 2.45) is 0 Å². The predicted molar refractivity (Wildman–Crippen MR) is 556 cm³/mol. The third kappa shape index (κ3) is 105. The largest absolute Gasteiger partial charge is 0.472 e. The highest BCUT2D eigenvalue weighted by Crippen LogP contribution is 2.45. The van der Waals surface area contributed by atoms with Gasteiger partial charge in [0.05, 0.1) is 26.4 Å². The molecule has 0 aromatic heterocycles. The van der Waals surface area contributed by atoms with Crippen molar-refractivity contribution < 1.29 is 75.8 Å². The van der Waals surface area contributed by atoms with Crippen LogP contribution in [0.1, 0.15) is 483 Å². The Kier molecular flexibility index (Phi) is 100. The Bertz CT molecular complexity index is 3010. The molecule has 0 saturated heterocycles. The van der Waals surface area contributed by atoms with Gasteiger partial charge in [-0.15, -0.1) is 0 Å². The van der Waals surface area contributed by atoms with Crippen molar-refractivity contribution in [3.8, 4) is 0 Å². The van der Waals surface area contributed by atoms with Crippen LogP contribution in [-0.4, -0.2) is 95.9 Å². The second-order valence-corrected chi connectivity index (χ2v) is 38.9. The molecule has 756 valence electrons. The zero-order valence-corrected chi connectivity index (χ0v) is 85.8. The van der Waals surface area contributed by atoms with Crippen LogP contribution in [-0.2, 0) is 55.8 Å². The minimum absolute atomic E-state index is 0.0972. The van der Waals surface area contributed by atoms with E-state index < -0.39 is 91.5 Å². The SMILES string of the molecule is CC/C=C\C/C=C\C/C=C\C/C=C\C/C=C\CCCCCCCCCCCCCCCCCCCCCC(=O)OCC(O)COP(=O)(O)OCC(O)COP(=O)(O)OCC(COC(=O)CCCCCCCCCCCCCCCCCCCCC/C=C\C/C=C\C/C=C\C/C=C\CCCCC)OC(=O)CCCCCCCCCCC/C=C\C/C=C\C/C=C\C/C=C\CCCCC. The van der Waals surface area contributed by atoms with Gasteiger partial charge in [0.2, 0.25) is 0 Å². The van der Waals surface area contributed by atoms with Gasteiger partial charge in [0, 0.05) is 19.3 Å². The van der Waals surface area contributed by atoms with E-state index in [2.05, 4.69) is 179 Å². The number of hydrogen-bond acceptors (Lipinski definition) is 14. The van der Waals surface area contributed by atoms with Gasteiger partial charge in [-0.2, -0.15) is 0 Å². The Labute approximate surface area is 803 Å². The van der Waals surface area contributed by atoms with E-state index in [1.165, 1.54) is 283 Å². The molecule has 0 amide bonds. The van der Waals surface area contributed by atoms with Crippen molar-refractivity contribution in [3.05, 3.63) is 158 Å². The summed E-state index contributed by atoms with van der Waals surface area (Å²) >= 11 is 0. The summed E-state index contributed by atoms with van der Waals surface area (Å²) in [5.74, 6) is -1.56. The fraction of sp³-hybridized carbons (Fsp3) is 0.743. The number of ether oxygens (including phenoxy) is 3. The summed E-state index contributed by atoms with van der Waals surface area (Å²) in [6, 6.07) is 0. The molecule has 0 bridgehead atoms. The van der Waals surface area contributed by atoms with E-state index in [1.54, 1.807) is 0 Å². The lowest BCUT2D eigenvalue weighted by Crippen LogP contribution is -2.30. The van der Waals surface area contributed by atoms with Gasteiger partial charge in [0.1, 0.15) is 25.4 Å². The first kappa shape index (κ1) is 126. The first-order valence-corrected chi connectivity index (χ1v) is 56.8. The molecule has 0 heterocycles. The van der Waals surface area contributed by atoms with Crippen LogP contribution in [0.2, 0.25) is 0 Å². The number of rotatable bonds is 102. The molecule has 0 radical (unpaired) electrons. The van der Waals surface area contributed by atoms with Gasteiger partial charge in [0.15, 0.2) is 6.10 Å². The number of unbranched alkanes of at least 4 members (excludes halogenated alkanes) is 53. The fourth-order valence-corrected chi connectivity index (χ4v) is 16.7. The Morgan fingerprint density at radius 1 is 0.221 bits per heavy atom. The normalized spacial score (nSPS) is 14.2. The number of esters is 3. The second-order valence-electron chi connectivity index (χ2n) is 36.0. The van der Waals surface area contributed by atoms with Crippen LogP contribution in [0.5, 0.6) is 0 Å². The van der Waals surface area contributed by atoms with Crippen molar-refractivity contribution in [1.29, 1.82) is 0 Å². The topological polar surface area (TPSA) is 231 Å². The van der Waals surface area contributed by atoms with Crippen LogP contribution < -0.4 is 0 Å². The van der Waals surface area contributed by atoms with E-state index >= 15 is 0 Å². The summed E-state index contributed by atoms with van der Waals surface area (Å²) in [6.45, 7) is 2.60. The van der Waals surface area contributed by atoms with Crippen LogP contribution in [0.3, 0.4) is 0 Å². The molecule has 5 atom stereocenters. The van der Waals surface area contributed by atoms with Crippen molar-refractivity contribution in [1.82, 2.24) is 0 Å². The van der Waals surface area contributed by atoms with Gasteiger partial charge in [-0.25, -0.2) is 9.13 Å². The molecule has 4 N–H and O–H groups in total. The molecule has 0 aliphatic carbocycles. The molecule has 131 heavy (non-hydrogen) atoms. The molecule has 5 unspecified atom stereocenters. The molecular formula is C113H198O16P2. The van der Waals surface area contributed by atoms with Crippen molar-refractivity contribution in [2.75, 3.05) is 39.6 Å². The van der Waals surface area contributed by atoms with Crippen molar-refractivity contribution in [3.63, 3.8) is 0 Å². The Morgan fingerprint density at radius 2 is 0.405 bits per heavy atom. The summed E-state index contributed by atoms with van der Waals surface area (Å²) in [5, 5.41) is 20.8. The zero-order chi connectivity index (χ0) is 95.0. The molecule has 0 fully saturated rings. The van der Waals surface area contributed by atoms with Crippen LogP contribution in [0.4, 0.5) is 0 Å². The molecule has 0 aliphatic rings. The Balaban J connectivity index is 4.54. The Hall–Kier alpha value is -4.83. The van der Waals surface area contributed by atoms with Gasteiger partial charge >= 0.3 is 33.6 Å². The predicted octanol–water partition coefficient (Wildman–Crippen LogP) is 34.4. The van der Waals surface area contributed by atoms with Gasteiger partial charge in [-0.1, -0.05) is 468 Å². The number of carbonyl (C=O) groups excluding carboxylic acids is 3. The lowest BCUT2D eigenvalue weighted by atomic mass is 10.0. The zero-order valence-electron chi connectivity index (χ0n) is 84.0. The first-order valence-electron chi connectivity index (χ1n) is 53.8. The molecule has 0 aromatic rings. The molecule has 0 saturated carbocycles. The van der Waals surface area contributed by atoms with E-state index in [-0.39, 0.29) is 19.3 Å². The smallest absolute Gasteiger partial charge is 0.463 e. The highest BCUT2D eigenvalue weighted by Gasteiger charge is 2.30. The minimum atomic E-state index is -4.95. The number of phosphoric acid groups is 2. The standard InChI is InChI=1S/C113H198O16P2/c1-4-7-10-13-16-19-22-25-28-31-34-37-40-43-45-47-49-51-53-55-57-59-61-64-66-69-72-75-78-81-84-87-90-93-96-99-111(116)123-102-108(114)103-125-130(119,120)126-104-109(115)105-127-131(121,122)128-107-110(129-113(118)101-98-95-92-89-86-83-80-77-74-71-68-63-42-39-36-33-30-27-24-21-18-15-12-9-6-3)106-124-112(117)100-97-94-91-88-85-82-79-76-73-70-67-65-62-60-58-56-54-52-50-48-46-44-41-38-35-32-29-26-23-20-17-14-11-8-5-2/h7,10,16-21,25-30,34-39,43-46,63,68,108-110,114-115H,4-6,8-9,11-15,22-24,31-33,40-42,47-62,64-67,69-107H2,1-3H3,(H,119,120)(H,121,122)/b10-7-,19-16-,20-17-,21-18-,28-25-,29-26-,30-27-,37-34-,38-35-,39-36-,45-43-,46-44-,68-63-. The second kappa shape index (κ2) is 104. The van der Waals surface area contributed by atoms with E-state index in [9.17, 15) is 43.5 Å². The first-order chi connectivity index (χ1) is 64.2. The van der Waals surface area contributed by atoms with Gasteiger partial charge in [0.25, 0.3) is 0 Å². The third-order valence-electron chi connectivity index (χ3n) is 23.2.